The second-order valence-corrected chi connectivity index (χ2v) is 7.21. The highest BCUT2D eigenvalue weighted by Crippen LogP contribution is 2.32. The summed E-state index contributed by atoms with van der Waals surface area (Å²) < 4.78 is 7.82. The highest BCUT2D eigenvalue weighted by Gasteiger charge is 2.21. The van der Waals surface area contributed by atoms with Gasteiger partial charge in [0.1, 0.15) is 11.6 Å². The fourth-order valence-corrected chi connectivity index (χ4v) is 3.68. The van der Waals surface area contributed by atoms with Crippen molar-refractivity contribution >= 4 is 28.5 Å². The SMILES string of the molecule is CCC1COCCN(c2cc(-c3nc4ccccc4n3C)c(Cl)cn2)C1. The molecule has 1 unspecified atom stereocenters. The molecule has 1 saturated heterocycles. The Bertz CT molecular complexity index is 923. The van der Waals surface area contributed by atoms with Gasteiger partial charge in [0, 0.05) is 31.9 Å². The quantitative estimate of drug-likeness (QED) is 0.694. The lowest BCUT2D eigenvalue weighted by Gasteiger charge is -2.24. The maximum Gasteiger partial charge on any atom is 0.142 e. The number of ether oxygens (including phenoxy) is 1. The molecular formula is C20H23ClN4O. The van der Waals surface area contributed by atoms with Crippen LogP contribution in [0, 0.1) is 5.92 Å². The number of benzene rings is 1. The maximum atomic E-state index is 6.50. The molecule has 0 bridgehead atoms. The van der Waals surface area contributed by atoms with E-state index in [1.165, 1.54) is 0 Å². The average Bonchev–Trinajstić information content (AvgIpc) is 2.84. The van der Waals surface area contributed by atoms with Crippen LogP contribution >= 0.6 is 11.6 Å². The molecule has 1 aliphatic heterocycles. The first-order valence-corrected chi connectivity index (χ1v) is 9.45. The van der Waals surface area contributed by atoms with Gasteiger partial charge in [0.2, 0.25) is 0 Å². The van der Waals surface area contributed by atoms with Crippen LogP contribution in [0.15, 0.2) is 36.5 Å². The Kier molecular flexibility index (Phi) is 4.83. The fourth-order valence-electron chi connectivity index (χ4n) is 3.49. The number of nitrogens with zero attached hydrogens (tertiary/aromatic N) is 4. The molecule has 0 amide bonds. The number of hydrogen-bond acceptors (Lipinski definition) is 4. The molecule has 5 nitrogen and oxygen atoms in total. The van der Waals surface area contributed by atoms with E-state index >= 15 is 0 Å². The highest BCUT2D eigenvalue weighted by molar-refractivity contribution is 6.33. The van der Waals surface area contributed by atoms with E-state index in [0.29, 0.717) is 10.9 Å². The summed E-state index contributed by atoms with van der Waals surface area (Å²) in [7, 11) is 2.02. The zero-order valence-electron chi connectivity index (χ0n) is 15.2. The van der Waals surface area contributed by atoms with Gasteiger partial charge in [0.25, 0.3) is 0 Å². The molecule has 136 valence electrons. The molecule has 4 rings (SSSR count). The first kappa shape index (κ1) is 17.3. The molecule has 0 spiro atoms. The number of rotatable bonds is 3. The summed E-state index contributed by atoms with van der Waals surface area (Å²) in [6.45, 7) is 5.54. The van der Waals surface area contributed by atoms with Crippen LogP contribution in [0.25, 0.3) is 22.4 Å². The first-order valence-electron chi connectivity index (χ1n) is 9.07. The molecule has 0 aliphatic carbocycles. The molecular weight excluding hydrogens is 348 g/mol. The molecule has 0 radical (unpaired) electrons. The van der Waals surface area contributed by atoms with E-state index in [2.05, 4.69) is 33.5 Å². The highest BCUT2D eigenvalue weighted by atomic mass is 35.5. The van der Waals surface area contributed by atoms with Gasteiger partial charge in [-0.3, -0.25) is 0 Å². The summed E-state index contributed by atoms with van der Waals surface area (Å²) >= 11 is 6.50. The second kappa shape index (κ2) is 7.25. The van der Waals surface area contributed by atoms with E-state index in [0.717, 1.165) is 61.0 Å². The fraction of sp³-hybridized carbons (Fsp3) is 0.400. The van der Waals surface area contributed by atoms with Gasteiger partial charge in [0.05, 0.1) is 29.3 Å². The van der Waals surface area contributed by atoms with E-state index in [-0.39, 0.29) is 0 Å². The Labute approximate surface area is 158 Å². The molecule has 0 saturated carbocycles. The number of para-hydroxylation sites is 2. The van der Waals surface area contributed by atoms with Gasteiger partial charge in [-0.1, -0.05) is 30.7 Å². The zero-order valence-corrected chi connectivity index (χ0v) is 15.9. The molecule has 26 heavy (non-hydrogen) atoms. The Morgan fingerprint density at radius 3 is 2.96 bits per heavy atom. The van der Waals surface area contributed by atoms with E-state index in [1.54, 1.807) is 6.20 Å². The van der Waals surface area contributed by atoms with Gasteiger partial charge in [-0.05, 0) is 30.5 Å². The van der Waals surface area contributed by atoms with Gasteiger partial charge >= 0.3 is 0 Å². The standard InChI is InChI=1S/C20H23ClN4O/c1-3-14-12-25(8-9-26-13-14)19-10-15(16(21)11-22-19)20-23-17-6-4-5-7-18(17)24(20)2/h4-7,10-11,14H,3,8-9,12-13H2,1-2H3. The van der Waals surface area contributed by atoms with Crippen LogP contribution in [-0.2, 0) is 11.8 Å². The van der Waals surface area contributed by atoms with Crippen molar-refractivity contribution < 1.29 is 4.74 Å². The number of anilines is 1. The largest absolute Gasteiger partial charge is 0.379 e. The van der Waals surface area contributed by atoms with Crippen LogP contribution in [0.3, 0.4) is 0 Å². The summed E-state index contributed by atoms with van der Waals surface area (Å²) in [4.78, 5) is 11.7. The van der Waals surface area contributed by atoms with E-state index in [1.807, 2.05) is 25.2 Å². The Morgan fingerprint density at radius 2 is 2.15 bits per heavy atom. The Balaban J connectivity index is 1.75. The first-order chi connectivity index (χ1) is 12.7. The summed E-state index contributed by atoms with van der Waals surface area (Å²) in [6, 6.07) is 10.2. The molecule has 0 N–H and O–H groups in total. The maximum absolute atomic E-state index is 6.50. The minimum absolute atomic E-state index is 0.522. The van der Waals surface area contributed by atoms with Crippen LogP contribution in [-0.4, -0.2) is 40.8 Å². The molecule has 1 fully saturated rings. The van der Waals surface area contributed by atoms with Gasteiger partial charge < -0.3 is 14.2 Å². The lowest BCUT2D eigenvalue weighted by Crippen LogP contribution is -2.30. The van der Waals surface area contributed by atoms with Crippen molar-refractivity contribution in [1.29, 1.82) is 0 Å². The summed E-state index contributed by atoms with van der Waals surface area (Å²) in [5, 5.41) is 0.616. The van der Waals surface area contributed by atoms with Crippen LogP contribution in [0.2, 0.25) is 5.02 Å². The monoisotopic (exact) mass is 370 g/mol. The smallest absolute Gasteiger partial charge is 0.142 e. The topological polar surface area (TPSA) is 43.2 Å². The number of hydrogen-bond donors (Lipinski definition) is 0. The molecule has 3 aromatic rings. The number of halogens is 1. The van der Waals surface area contributed by atoms with Gasteiger partial charge in [-0.2, -0.15) is 0 Å². The summed E-state index contributed by atoms with van der Waals surface area (Å²) in [5.74, 6) is 2.31. The Hall–Kier alpha value is -2.11. The predicted octanol–water partition coefficient (Wildman–Crippen LogP) is 4.15. The number of aromatic nitrogens is 3. The zero-order chi connectivity index (χ0) is 18.1. The molecule has 1 aliphatic rings. The lowest BCUT2D eigenvalue weighted by molar-refractivity contribution is 0.122. The van der Waals surface area contributed by atoms with Gasteiger partial charge in [0.15, 0.2) is 0 Å². The van der Waals surface area contributed by atoms with Crippen LogP contribution in [0.5, 0.6) is 0 Å². The van der Waals surface area contributed by atoms with Crippen molar-refractivity contribution in [2.75, 3.05) is 31.2 Å². The third kappa shape index (κ3) is 3.17. The van der Waals surface area contributed by atoms with E-state index in [4.69, 9.17) is 21.3 Å². The minimum atomic E-state index is 0.522. The van der Waals surface area contributed by atoms with E-state index in [9.17, 15) is 0 Å². The second-order valence-electron chi connectivity index (χ2n) is 6.80. The number of pyridine rings is 1. The molecule has 2 aromatic heterocycles. The van der Waals surface area contributed by atoms with Crippen molar-refractivity contribution in [3.05, 3.63) is 41.6 Å². The number of imidazole rings is 1. The van der Waals surface area contributed by atoms with Crippen molar-refractivity contribution in [2.45, 2.75) is 13.3 Å². The molecule has 3 heterocycles. The summed E-state index contributed by atoms with van der Waals surface area (Å²) in [5.41, 5.74) is 2.97. The number of aryl methyl sites for hydroxylation is 1. The van der Waals surface area contributed by atoms with Crippen molar-refractivity contribution in [2.24, 2.45) is 13.0 Å². The molecule has 1 atom stereocenters. The van der Waals surface area contributed by atoms with E-state index < -0.39 is 0 Å². The molecule has 6 heteroatoms. The number of fused-ring (bicyclic) bond motifs is 1. The Morgan fingerprint density at radius 1 is 1.31 bits per heavy atom. The molecule has 1 aromatic carbocycles. The average molecular weight is 371 g/mol. The van der Waals surface area contributed by atoms with Crippen LogP contribution < -0.4 is 4.90 Å². The van der Waals surface area contributed by atoms with Gasteiger partial charge in [-0.15, -0.1) is 0 Å². The predicted molar refractivity (Wildman–Crippen MR) is 106 cm³/mol. The van der Waals surface area contributed by atoms with Gasteiger partial charge in [-0.25, -0.2) is 9.97 Å². The van der Waals surface area contributed by atoms with Crippen molar-refractivity contribution in [3.63, 3.8) is 0 Å². The van der Waals surface area contributed by atoms with Crippen LogP contribution in [0.1, 0.15) is 13.3 Å². The third-order valence-corrected chi connectivity index (χ3v) is 5.41. The summed E-state index contributed by atoms with van der Waals surface area (Å²) in [6.07, 6.45) is 2.83. The minimum Gasteiger partial charge on any atom is -0.379 e. The van der Waals surface area contributed by atoms with Crippen LogP contribution in [0.4, 0.5) is 5.82 Å². The van der Waals surface area contributed by atoms with Crippen molar-refractivity contribution in [1.82, 2.24) is 14.5 Å². The third-order valence-electron chi connectivity index (χ3n) is 5.11. The normalized spacial score (nSPS) is 18.3. The lowest BCUT2D eigenvalue weighted by atomic mass is 10.1. The van der Waals surface area contributed by atoms with Crippen molar-refractivity contribution in [3.8, 4) is 11.4 Å².